The number of anilines is 1. The summed E-state index contributed by atoms with van der Waals surface area (Å²) in [6.07, 6.45) is 1.51. The number of para-hydroxylation sites is 1. The Morgan fingerprint density at radius 1 is 1.26 bits per heavy atom. The molecule has 106 valence electrons. The third-order valence-electron chi connectivity index (χ3n) is 4.00. The topological polar surface area (TPSA) is 40.6 Å². The molecule has 4 nitrogen and oxygen atoms in total. The van der Waals surface area contributed by atoms with E-state index in [-0.39, 0.29) is 0 Å². The average Bonchev–Trinajstić information content (AvgIpc) is 2.50. The minimum Gasteiger partial charge on any atom is -0.309 e. The Hall–Kier alpha value is -1.07. The van der Waals surface area contributed by atoms with Crippen molar-refractivity contribution < 1.29 is 8.42 Å². The van der Waals surface area contributed by atoms with Gasteiger partial charge in [-0.2, -0.15) is 0 Å². The van der Waals surface area contributed by atoms with E-state index in [0.29, 0.717) is 6.42 Å². The Kier molecular flexibility index (Phi) is 3.62. The van der Waals surface area contributed by atoms with Gasteiger partial charge in [0, 0.05) is 7.05 Å². The van der Waals surface area contributed by atoms with Crippen LogP contribution in [0, 0.1) is 0 Å². The predicted molar refractivity (Wildman–Crippen MR) is 78.9 cm³/mol. The van der Waals surface area contributed by atoms with Gasteiger partial charge in [0.15, 0.2) is 0 Å². The second kappa shape index (κ2) is 4.80. The van der Waals surface area contributed by atoms with Crippen LogP contribution in [0.4, 0.5) is 5.69 Å². The SMILES string of the molecule is CN(C)CCCC1(C)c2ccccc2N(C)S1(=O)=O. The first kappa shape index (κ1) is 14.3. The van der Waals surface area contributed by atoms with E-state index in [9.17, 15) is 8.42 Å². The standard InChI is InChI=1S/C14H22N2O2S/c1-14(10-7-11-15(2)3)12-8-5-6-9-13(12)16(4)19(14,17)18/h5-6,8-9H,7,10-11H2,1-4H3. The summed E-state index contributed by atoms with van der Waals surface area (Å²) in [6.45, 7) is 2.75. The van der Waals surface area contributed by atoms with Gasteiger partial charge in [-0.15, -0.1) is 0 Å². The second-order valence-corrected chi connectivity index (χ2v) is 8.03. The number of fused-ring (bicyclic) bond motifs is 1. The molecule has 1 heterocycles. The van der Waals surface area contributed by atoms with E-state index in [4.69, 9.17) is 0 Å². The Morgan fingerprint density at radius 2 is 1.89 bits per heavy atom. The minimum atomic E-state index is -3.31. The molecule has 1 unspecified atom stereocenters. The summed E-state index contributed by atoms with van der Waals surface area (Å²) < 4.78 is 26.0. The van der Waals surface area contributed by atoms with Crippen molar-refractivity contribution in [2.24, 2.45) is 0 Å². The summed E-state index contributed by atoms with van der Waals surface area (Å²) in [5, 5.41) is 0. The lowest BCUT2D eigenvalue weighted by Gasteiger charge is -2.25. The Labute approximate surface area is 116 Å². The molecule has 1 aliphatic rings. The number of sulfonamides is 1. The summed E-state index contributed by atoms with van der Waals surface area (Å²) in [5.41, 5.74) is 1.74. The van der Waals surface area contributed by atoms with Crippen LogP contribution in [0.15, 0.2) is 24.3 Å². The van der Waals surface area contributed by atoms with Gasteiger partial charge in [-0.1, -0.05) is 18.2 Å². The Morgan fingerprint density at radius 3 is 2.53 bits per heavy atom. The molecule has 19 heavy (non-hydrogen) atoms. The van der Waals surface area contributed by atoms with Crippen LogP contribution < -0.4 is 4.31 Å². The zero-order chi connectivity index (χ0) is 14.3. The van der Waals surface area contributed by atoms with E-state index in [1.54, 1.807) is 7.05 Å². The van der Waals surface area contributed by atoms with E-state index in [1.807, 2.05) is 45.3 Å². The molecule has 0 amide bonds. The van der Waals surface area contributed by atoms with E-state index >= 15 is 0 Å². The average molecular weight is 282 g/mol. The van der Waals surface area contributed by atoms with Crippen molar-refractivity contribution in [2.75, 3.05) is 32.0 Å². The first-order valence-electron chi connectivity index (χ1n) is 6.53. The molecule has 5 heteroatoms. The molecule has 0 radical (unpaired) electrons. The number of rotatable bonds is 4. The molecule has 0 saturated carbocycles. The number of hydrogen-bond donors (Lipinski definition) is 0. The molecule has 0 aromatic heterocycles. The molecule has 1 atom stereocenters. The summed E-state index contributed by atoms with van der Waals surface area (Å²) in [6, 6.07) is 7.62. The van der Waals surface area contributed by atoms with Gasteiger partial charge in [-0.3, -0.25) is 4.31 Å². The van der Waals surface area contributed by atoms with Crippen LogP contribution in [0.25, 0.3) is 0 Å². The molecule has 0 spiro atoms. The van der Waals surface area contributed by atoms with Crippen molar-refractivity contribution >= 4 is 15.7 Å². The summed E-state index contributed by atoms with van der Waals surface area (Å²) >= 11 is 0. The summed E-state index contributed by atoms with van der Waals surface area (Å²) in [7, 11) is 2.35. The fraction of sp³-hybridized carbons (Fsp3) is 0.571. The van der Waals surface area contributed by atoms with E-state index < -0.39 is 14.8 Å². The largest absolute Gasteiger partial charge is 0.309 e. The maximum absolute atomic E-state index is 12.7. The van der Waals surface area contributed by atoms with Crippen LogP contribution in [-0.4, -0.2) is 41.0 Å². The Balaban J connectivity index is 2.37. The third-order valence-corrected chi connectivity index (χ3v) is 6.48. The molecule has 0 aliphatic carbocycles. The Bertz CT molecular complexity index is 569. The maximum atomic E-state index is 12.7. The molecule has 0 N–H and O–H groups in total. The highest BCUT2D eigenvalue weighted by Gasteiger charge is 2.50. The van der Waals surface area contributed by atoms with Crippen molar-refractivity contribution in [1.82, 2.24) is 4.90 Å². The van der Waals surface area contributed by atoms with Gasteiger partial charge in [0.25, 0.3) is 0 Å². The smallest absolute Gasteiger partial charge is 0.244 e. The molecule has 0 fully saturated rings. The summed E-state index contributed by atoms with van der Waals surface area (Å²) in [4.78, 5) is 2.08. The maximum Gasteiger partial charge on any atom is 0.244 e. The fourth-order valence-electron chi connectivity index (χ4n) is 2.76. The van der Waals surface area contributed by atoms with E-state index in [1.165, 1.54) is 4.31 Å². The molecule has 2 rings (SSSR count). The predicted octanol–water partition coefficient (Wildman–Crippen LogP) is 2.02. The molecular formula is C14H22N2O2S. The zero-order valence-corrected chi connectivity index (χ0v) is 12.9. The normalized spacial score (nSPS) is 24.8. The highest BCUT2D eigenvalue weighted by molar-refractivity contribution is 7.94. The monoisotopic (exact) mass is 282 g/mol. The van der Waals surface area contributed by atoms with Gasteiger partial charge in [0.1, 0.15) is 4.75 Å². The van der Waals surface area contributed by atoms with Crippen LogP contribution in [0.2, 0.25) is 0 Å². The molecule has 0 saturated heterocycles. The van der Waals surface area contributed by atoms with Gasteiger partial charge in [0.05, 0.1) is 5.69 Å². The van der Waals surface area contributed by atoms with Crippen LogP contribution in [0.5, 0.6) is 0 Å². The number of nitrogens with zero attached hydrogens (tertiary/aromatic N) is 2. The van der Waals surface area contributed by atoms with Crippen molar-refractivity contribution in [3.05, 3.63) is 29.8 Å². The van der Waals surface area contributed by atoms with Crippen LogP contribution in [0.1, 0.15) is 25.3 Å². The summed E-state index contributed by atoms with van der Waals surface area (Å²) in [5.74, 6) is 0. The quantitative estimate of drug-likeness (QED) is 0.848. The molecule has 1 aromatic rings. The van der Waals surface area contributed by atoms with E-state index in [2.05, 4.69) is 4.90 Å². The van der Waals surface area contributed by atoms with Gasteiger partial charge >= 0.3 is 0 Å². The first-order chi connectivity index (χ1) is 8.80. The lowest BCUT2D eigenvalue weighted by Crippen LogP contribution is -2.36. The van der Waals surface area contributed by atoms with Crippen molar-refractivity contribution in [3.63, 3.8) is 0 Å². The van der Waals surface area contributed by atoms with Crippen molar-refractivity contribution in [1.29, 1.82) is 0 Å². The molecular weight excluding hydrogens is 260 g/mol. The number of benzene rings is 1. The van der Waals surface area contributed by atoms with Crippen LogP contribution in [0.3, 0.4) is 0 Å². The van der Waals surface area contributed by atoms with Crippen molar-refractivity contribution in [2.45, 2.75) is 24.5 Å². The fourth-order valence-corrected chi connectivity index (χ4v) is 4.64. The first-order valence-corrected chi connectivity index (χ1v) is 7.97. The van der Waals surface area contributed by atoms with Crippen LogP contribution >= 0.6 is 0 Å². The van der Waals surface area contributed by atoms with E-state index in [0.717, 1.165) is 24.2 Å². The van der Waals surface area contributed by atoms with Gasteiger partial charge < -0.3 is 4.90 Å². The zero-order valence-electron chi connectivity index (χ0n) is 12.0. The lowest BCUT2D eigenvalue weighted by molar-refractivity contribution is 0.379. The highest BCUT2D eigenvalue weighted by Crippen LogP contribution is 2.48. The third kappa shape index (κ3) is 2.15. The molecule has 1 aliphatic heterocycles. The van der Waals surface area contributed by atoms with Gasteiger partial charge in [-0.25, -0.2) is 8.42 Å². The highest BCUT2D eigenvalue weighted by atomic mass is 32.2. The van der Waals surface area contributed by atoms with Gasteiger partial charge in [0.2, 0.25) is 10.0 Å². The lowest BCUT2D eigenvalue weighted by atomic mass is 9.93. The minimum absolute atomic E-state index is 0.648. The molecule has 1 aromatic carbocycles. The molecule has 0 bridgehead atoms. The second-order valence-electron chi connectivity index (χ2n) is 5.63. The van der Waals surface area contributed by atoms with Gasteiger partial charge in [-0.05, 0) is 52.0 Å². The van der Waals surface area contributed by atoms with Crippen molar-refractivity contribution in [3.8, 4) is 0 Å². The number of hydrogen-bond acceptors (Lipinski definition) is 3. The van der Waals surface area contributed by atoms with Crippen LogP contribution in [-0.2, 0) is 14.8 Å².